The number of hydrogen-bond donors (Lipinski definition) is 1. The molecule has 0 heterocycles. The molecule has 5 aliphatic carbocycles. The average Bonchev–Trinajstić information content (AvgIpc) is 2.90. The van der Waals surface area contributed by atoms with E-state index in [1.54, 1.807) is 19.1 Å². The minimum absolute atomic E-state index is 0.0126. The summed E-state index contributed by atoms with van der Waals surface area (Å²) in [7, 11) is 2.98. The number of carbonyl (C=O) groups excluding carboxylic acids is 4. The molecular weight excluding hydrogens is 504 g/mol. The molecule has 0 aromatic heterocycles. The number of amides is 1. The van der Waals surface area contributed by atoms with E-state index in [2.05, 4.69) is 39.1 Å². The number of nitriles is 1. The van der Waals surface area contributed by atoms with Crippen molar-refractivity contribution in [2.75, 3.05) is 14.2 Å². The van der Waals surface area contributed by atoms with Crippen molar-refractivity contribution in [3.63, 3.8) is 0 Å². The summed E-state index contributed by atoms with van der Waals surface area (Å²) in [6, 6.07) is 2.07. The van der Waals surface area contributed by atoms with Crippen molar-refractivity contribution in [3.8, 4) is 6.07 Å². The lowest BCUT2D eigenvalue weighted by Crippen LogP contribution is -2.66. The van der Waals surface area contributed by atoms with E-state index in [0.29, 0.717) is 19.3 Å². The van der Waals surface area contributed by atoms with Crippen LogP contribution in [0.3, 0.4) is 0 Å². The summed E-state index contributed by atoms with van der Waals surface area (Å²) in [5.74, 6) is -1.84. The van der Waals surface area contributed by atoms with Crippen molar-refractivity contribution < 1.29 is 23.9 Å². The van der Waals surface area contributed by atoms with Crippen LogP contribution in [0.2, 0.25) is 0 Å². The Bertz CT molecular complexity index is 1320. The van der Waals surface area contributed by atoms with Crippen LogP contribution in [-0.4, -0.2) is 37.6 Å². The van der Waals surface area contributed by atoms with Crippen LogP contribution in [0, 0.1) is 61.6 Å². The third-order valence-electron chi connectivity index (χ3n) is 12.9. The van der Waals surface area contributed by atoms with Crippen molar-refractivity contribution in [1.29, 1.82) is 5.26 Å². The van der Waals surface area contributed by atoms with Gasteiger partial charge in [-0.1, -0.05) is 46.3 Å². The molecule has 0 spiro atoms. The van der Waals surface area contributed by atoms with Crippen LogP contribution in [0.4, 0.5) is 0 Å². The summed E-state index contributed by atoms with van der Waals surface area (Å²) in [5.41, 5.74) is -2.81. The number of methoxy groups -OCH3 is 1. The van der Waals surface area contributed by atoms with Gasteiger partial charge in [-0.3, -0.25) is 19.2 Å². The van der Waals surface area contributed by atoms with Crippen molar-refractivity contribution in [2.45, 2.75) is 86.5 Å². The van der Waals surface area contributed by atoms with Crippen molar-refractivity contribution in [1.82, 2.24) is 5.32 Å². The first-order valence-electron chi connectivity index (χ1n) is 14.8. The fraction of sp³-hybridized carbons (Fsp3) is 0.727. The SMILES string of the molecule is CNC(=O)[C@]1(C)C(=O)C(C#N)=C[C@]2(C)C3=CC(=O)C4C5CC(C)(C)CC[C@]5(C(=O)OC)CC[C@@]4(C)[C@]3(C)CCC12. The lowest BCUT2D eigenvalue weighted by atomic mass is 9.34. The Labute approximate surface area is 238 Å². The quantitative estimate of drug-likeness (QED) is 0.379. The summed E-state index contributed by atoms with van der Waals surface area (Å²) in [6.45, 7) is 12.6. The minimum atomic E-state index is -1.41. The molecule has 1 amide bonds. The molecule has 1 N–H and O–H groups in total. The van der Waals surface area contributed by atoms with Crippen LogP contribution >= 0.6 is 0 Å². The molecule has 3 unspecified atom stereocenters. The van der Waals surface area contributed by atoms with Gasteiger partial charge in [0.05, 0.1) is 18.1 Å². The topological polar surface area (TPSA) is 113 Å². The zero-order chi connectivity index (χ0) is 29.7. The number of nitrogens with one attached hydrogen (secondary N) is 1. The molecular formula is C33H44N2O5. The predicted molar refractivity (Wildman–Crippen MR) is 149 cm³/mol. The Morgan fingerprint density at radius 2 is 1.68 bits per heavy atom. The Morgan fingerprint density at radius 3 is 2.27 bits per heavy atom. The van der Waals surface area contributed by atoms with Gasteiger partial charge in [-0.25, -0.2) is 0 Å². The molecule has 7 nitrogen and oxygen atoms in total. The third-order valence-corrected chi connectivity index (χ3v) is 12.9. The molecule has 0 aliphatic heterocycles. The van der Waals surface area contributed by atoms with E-state index in [-0.39, 0.29) is 40.5 Å². The van der Waals surface area contributed by atoms with Crippen LogP contribution < -0.4 is 5.32 Å². The van der Waals surface area contributed by atoms with Gasteiger partial charge in [-0.05, 0) is 86.0 Å². The van der Waals surface area contributed by atoms with E-state index in [1.807, 2.05) is 6.92 Å². The fourth-order valence-corrected chi connectivity index (χ4v) is 10.4. The van der Waals surface area contributed by atoms with E-state index < -0.39 is 38.8 Å². The molecule has 0 saturated heterocycles. The highest BCUT2D eigenvalue weighted by molar-refractivity contribution is 6.16. The maximum atomic E-state index is 14.5. The van der Waals surface area contributed by atoms with Gasteiger partial charge >= 0.3 is 5.97 Å². The number of rotatable bonds is 2. The molecule has 7 heteroatoms. The van der Waals surface area contributed by atoms with Crippen molar-refractivity contribution in [2.24, 2.45) is 50.2 Å². The van der Waals surface area contributed by atoms with Gasteiger partial charge in [0, 0.05) is 18.4 Å². The molecule has 5 aliphatic rings. The standard InChI is InChI=1S/C33H44N2O5/c1-28(2)11-13-33(27(39)40-8)14-12-31(5)24(20(33)17-28)21(36)15-23-29(3)16-19(18-34)25(37)32(6,26(38)35-7)22(29)9-10-30(23,31)4/h15-16,20,22,24H,9-14,17H2,1-8H3,(H,35,38)/t20?,22?,24?,29-,30+,31+,32-,33-/m0/s1. The molecule has 0 aromatic carbocycles. The van der Waals surface area contributed by atoms with E-state index in [9.17, 15) is 24.4 Å². The number of fused-ring (bicyclic) bond motifs is 7. The zero-order valence-electron chi connectivity index (χ0n) is 25.3. The number of ketones is 2. The summed E-state index contributed by atoms with van der Waals surface area (Å²) < 4.78 is 5.40. The summed E-state index contributed by atoms with van der Waals surface area (Å²) in [6.07, 6.45) is 8.69. The molecule has 0 aromatic rings. The van der Waals surface area contributed by atoms with Crippen molar-refractivity contribution in [3.05, 3.63) is 23.3 Å². The largest absolute Gasteiger partial charge is 0.469 e. The van der Waals surface area contributed by atoms with Crippen LogP contribution in [0.25, 0.3) is 0 Å². The highest BCUT2D eigenvalue weighted by Crippen LogP contribution is 2.74. The third kappa shape index (κ3) is 3.28. The Balaban J connectivity index is 1.72. The zero-order valence-corrected chi connectivity index (χ0v) is 25.3. The second-order valence-electron chi connectivity index (χ2n) is 15.0. The number of nitrogens with zero attached hydrogens (tertiary/aromatic N) is 1. The van der Waals surface area contributed by atoms with Crippen molar-refractivity contribution >= 4 is 23.4 Å². The molecule has 216 valence electrons. The average molecular weight is 549 g/mol. The minimum Gasteiger partial charge on any atom is -0.469 e. The second-order valence-corrected chi connectivity index (χ2v) is 15.0. The van der Waals surface area contributed by atoms with Gasteiger partial charge in [-0.15, -0.1) is 0 Å². The predicted octanol–water partition coefficient (Wildman–Crippen LogP) is 5.11. The molecule has 5 rings (SSSR count). The first kappa shape index (κ1) is 28.8. The molecule has 3 fully saturated rings. The van der Waals surface area contributed by atoms with Gasteiger partial charge in [0.2, 0.25) is 5.91 Å². The maximum absolute atomic E-state index is 14.5. The Kier molecular flexibility index (Phi) is 6.21. The number of esters is 1. The smallest absolute Gasteiger partial charge is 0.312 e. The summed E-state index contributed by atoms with van der Waals surface area (Å²) in [4.78, 5) is 54.7. The highest BCUT2D eigenvalue weighted by atomic mass is 16.5. The Morgan fingerprint density at radius 1 is 1.02 bits per heavy atom. The molecule has 40 heavy (non-hydrogen) atoms. The maximum Gasteiger partial charge on any atom is 0.312 e. The van der Waals surface area contributed by atoms with E-state index in [4.69, 9.17) is 4.74 Å². The van der Waals surface area contributed by atoms with E-state index >= 15 is 0 Å². The monoisotopic (exact) mass is 548 g/mol. The molecule has 0 bridgehead atoms. The Hall–Kier alpha value is -2.75. The highest BCUT2D eigenvalue weighted by Gasteiger charge is 2.72. The van der Waals surface area contributed by atoms with E-state index in [0.717, 1.165) is 31.3 Å². The summed E-state index contributed by atoms with van der Waals surface area (Å²) in [5, 5.41) is 12.7. The van der Waals surface area contributed by atoms with Gasteiger partial charge in [0.15, 0.2) is 11.6 Å². The van der Waals surface area contributed by atoms with E-state index in [1.165, 1.54) is 14.2 Å². The molecule has 0 radical (unpaired) electrons. The van der Waals surface area contributed by atoms with Crippen LogP contribution in [-0.2, 0) is 23.9 Å². The molecule has 8 atom stereocenters. The van der Waals surface area contributed by atoms with Gasteiger partial charge in [-0.2, -0.15) is 5.26 Å². The van der Waals surface area contributed by atoms with Gasteiger partial charge in [0.25, 0.3) is 0 Å². The lowest BCUT2D eigenvalue weighted by Gasteiger charge is -2.68. The summed E-state index contributed by atoms with van der Waals surface area (Å²) >= 11 is 0. The van der Waals surface area contributed by atoms with Crippen LogP contribution in [0.15, 0.2) is 23.3 Å². The number of allylic oxidation sites excluding steroid dienone is 4. The number of Topliss-reactive ketones (excluding diaryl/α,β-unsaturated/α-hetero) is 1. The number of hydrogen-bond acceptors (Lipinski definition) is 6. The lowest BCUT2D eigenvalue weighted by molar-refractivity contribution is -0.191. The van der Waals surface area contributed by atoms with Gasteiger partial charge < -0.3 is 10.1 Å². The van der Waals surface area contributed by atoms with Crippen LogP contribution in [0.1, 0.15) is 86.5 Å². The van der Waals surface area contributed by atoms with Gasteiger partial charge in [0.1, 0.15) is 11.5 Å². The number of ether oxygens (including phenoxy) is 1. The first-order valence-corrected chi connectivity index (χ1v) is 14.8. The van der Waals surface area contributed by atoms with Crippen LogP contribution in [0.5, 0.6) is 0 Å². The first-order chi connectivity index (χ1) is 18.5. The number of carbonyl (C=O) groups is 4. The fourth-order valence-electron chi connectivity index (χ4n) is 10.4. The second kappa shape index (κ2) is 8.63. The normalized spacial score (nSPS) is 45.3. The molecule has 3 saturated carbocycles.